The Kier molecular flexibility index (Phi) is 4.73. The summed E-state index contributed by atoms with van der Waals surface area (Å²) in [5, 5.41) is 3.39. The number of benzene rings is 1. The van der Waals surface area contributed by atoms with Crippen LogP contribution in [0.15, 0.2) is 22.7 Å². The van der Waals surface area contributed by atoms with Crippen molar-refractivity contribution in [3.8, 4) is 0 Å². The molecule has 0 saturated carbocycles. The maximum absolute atomic E-state index is 13.1. The van der Waals surface area contributed by atoms with Crippen LogP contribution < -0.4 is 5.32 Å². The molecule has 1 unspecified atom stereocenters. The van der Waals surface area contributed by atoms with E-state index in [1.807, 2.05) is 6.92 Å². The molecule has 0 saturated heterocycles. The highest BCUT2D eigenvalue weighted by Crippen LogP contribution is 2.16. The Hall–Kier alpha value is -0.420. The van der Waals surface area contributed by atoms with Crippen LogP contribution in [0.25, 0.3) is 0 Å². The molecule has 0 radical (unpaired) electrons. The fourth-order valence-corrected chi connectivity index (χ4v) is 1.39. The van der Waals surface area contributed by atoms with Crippen LogP contribution >= 0.6 is 31.9 Å². The third-order valence-corrected chi connectivity index (χ3v) is 3.41. The molecule has 0 aliphatic rings. The monoisotopic (exact) mass is 337 g/mol. The number of alkyl halides is 1. The third-order valence-electron chi connectivity index (χ3n) is 1.79. The standard InChI is InChI=1S/C10H10Br2FNO/c1-6(5-11)14-10(15)7-2-3-8(12)9(13)4-7/h2-4,6H,5H2,1H3,(H,14,15). The van der Waals surface area contributed by atoms with Gasteiger partial charge in [-0.15, -0.1) is 0 Å². The molecule has 0 fully saturated rings. The van der Waals surface area contributed by atoms with E-state index in [-0.39, 0.29) is 11.9 Å². The first-order chi connectivity index (χ1) is 7.04. The molecule has 0 aliphatic heterocycles. The van der Waals surface area contributed by atoms with Gasteiger partial charge in [0, 0.05) is 16.9 Å². The Morgan fingerprint density at radius 1 is 1.60 bits per heavy atom. The fraction of sp³-hybridized carbons (Fsp3) is 0.300. The van der Waals surface area contributed by atoms with Crippen molar-refractivity contribution in [3.63, 3.8) is 0 Å². The first-order valence-electron chi connectivity index (χ1n) is 4.36. The molecule has 1 rings (SSSR count). The van der Waals surface area contributed by atoms with Crippen LogP contribution in [0, 0.1) is 5.82 Å². The summed E-state index contributed by atoms with van der Waals surface area (Å²) < 4.78 is 13.5. The van der Waals surface area contributed by atoms with Gasteiger partial charge in [0.1, 0.15) is 5.82 Å². The molecule has 1 atom stereocenters. The van der Waals surface area contributed by atoms with Crippen molar-refractivity contribution >= 4 is 37.8 Å². The van der Waals surface area contributed by atoms with Gasteiger partial charge in [-0.05, 0) is 41.1 Å². The van der Waals surface area contributed by atoms with E-state index in [1.165, 1.54) is 12.1 Å². The Labute approximate surface area is 105 Å². The summed E-state index contributed by atoms with van der Waals surface area (Å²) >= 11 is 6.27. The van der Waals surface area contributed by atoms with Crippen molar-refractivity contribution in [1.29, 1.82) is 0 Å². The quantitative estimate of drug-likeness (QED) is 0.843. The lowest BCUT2D eigenvalue weighted by molar-refractivity contribution is 0.0943. The average molecular weight is 339 g/mol. The summed E-state index contributed by atoms with van der Waals surface area (Å²) in [6.07, 6.45) is 0. The predicted octanol–water partition coefficient (Wildman–Crippen LogP) is 3.10. The molecule has 0 heterocycles. The average Bonchev–Trinajstić information content (AvgIpc) is 2.21. The van der Waals surface area contributed by atoms with E-state index in [0.717, 1.165) is 0 Å². The minimum Gasteiger partial charge on any atom is -0.349 e. The van der Waals surface area contributed by atoms with Gasteiger partial charge in [-0.3, -0.25) is 4.79 Å². The van der Waals surface area contributed by atoms with E-state index in [1.54, 1.807) is 6.07 Å². The first kappa shape index (κ1) is 12.6. The Morgan fingerprint density at radius 2 is 2.27 bits per heavy atom. The van der Waals surface area contributed by atoms with Crippen LogP contribution in [0.3, 0.4) is 0 Å². The van der Waals surface area contributed by atoms with Gasteiger partial charge in [0.25, 0.3) is 5.91 Å². The highest BCUT2D eigenvalue weighted by Gasteiger charge is 2.10. The second kappa shape index (κ2) is 5.61. The molecule has 0 bridgehead atoms. The number of nitrogens with one attached hydrogen (secondary N) is 1. The summed E-state index contributed by atoms with van der Waals surface area (Å²) in [5.74, 6) is -0.706. The summed E-state index contributed by atoms with van der Waals surface area (Å²) in [6.45, 7) is 1.86. The van der Waals surface area contributed by atoms with Gasteiger partial charge in [-0.2, -0.15) is 0 Å². The van der Waals surface area contributed by atoms with Crippen molar-refractivity contribution < 1.29 is 9.18 Å². The Bertz CT molecular complexity index is 370. The van der Waals surface area contributed by atoms with Crippen LogP contribution in [-0.2, 0) is 0 Å². The van der Waals surface area contributed by atoms with Gasteiger partial charge >= 0.3 is 0 Å². The number of carbonyl (C=O) groups excluding carboxylic acids is 1. The van der Waals surface area contributed by atoms with Crippen LogP contribution in [0.5, 0.6) is 0 Å². The minimum absolute atomic E-state index is 0.0178. The van der Waals surface area contributed by atoms with Crippen LogP contribution in [0.1, 0.15) is 17.3 Å². The fourth-order valence-electron chi connectivity index (χ4n) is 0.983. The lowest BCUT2D eigenvalue weighted by Gasteiger charge is -2.10. The third kappa shape index (κ3) is 3.57. The zero-order chi connectivity index (χ0) is 11.4. The normalized spacial score (nSPS) is 12.3. The molecule has 1 amide bonds. The Balaban J connectivity index is 2.78. The summed E-state index contributed by atoms with van der Waals surface area (Å²) in [6, 6.07) is 4.32. The SMILES string of the molecule is CC(CBr)NC(=O)c1ccc(Br)c(F)c1. The molecule has 2 nitrogen and oxygen atoms in total. The molecule has 0 aromatic heterocycles. The van der Waals surface area contributed by atoms with Gasteiger partial charge in [0.05, 0.1) is 4.47 Å². The number of hydrogen-bond acceptors (Lipinski definition) is 1. The van der Waals surface area contributed by atoms with Gasteiger partial charge in [-0.1, -0.05) is 15.9 Å². The number of hydrogen-bond donors (Lipinski definition) is 1. The number of amides is 1. The molecule has 1 aromatic carbocycles. The van der Waals surface area contributed by atoms with Gasteiger partial charge in [0.15, 0.2) is 0 Å². The van der Waals surface area contributed by atoms with E-state index < -0.39 is 5.82 Å². The summed E-state index contributed by atoms with van der Waals surface area (Å²) in [5.41, 5.74) is 0.323. The van der Waals surface area contributed by atoms with Crippen molar-refractivity contribution in [1.82, 2.24) is 5.32 Å². The lowest BCUT2D eigenvalue weighted by atomic mass is 10.2. The van der Waals surface area contributed by atoms with E-state index >= 15 is 0 Å². The lowest BCUT2D eigenvalue weighted by Crippen LogP contribution is -2.33. The number of halogens is 3. The Morgan fingerprint density at radius 3 is 2.80 bits per heavy atom. The number of carbonyl (C=O) groups is 1. The molecule has 15 heavy (non-hydrogen) atoms. The van der Waals surface area contributed by atoms with Crippen molar-refractivity contribution in [2.45, 2.75) is 13.0 Å². The molecule has 1 N–H and O–H groups in total. The predicted molar refractivity (Wildman–Crippen MR) is 64.8 cm³/mol. The van der Waals surface area contributed by atoms with Crippen LogP contribution in [0.2, 0.25) is 0 Å². The largest absolute Gasteiger partial charge is 0.349 e. The second-order valence-corrected chi connectivity index (χ2v) is 4.66. The first-order valence-corrected chi connectivity index (χ1v) is 6.28. The van der Waals surface area contributed by atoms with E-state index in [2.05, 4.69) is 37.2 Å². The summed E-state index contributed by atoms with van der Waals surface area (Å²) in [4.78, 5) is 11.6. The van der Waals surface area contributed by atoms with E-state index in [0.29, 0.717) is 15.4 Å². The molecule has 0 aliphatic carbocycles. The van der Waals surface area contributed by atoms with Crippen molar-refractivity contribution in [2.75, 3.05) is 5.33 Å². The maximum Gasteiger partial charge on any atom is 0.251 e. The number of rotatable bonds is 3. The van der Waals surface area contributed by atoms with E-state index in [4.69, 9.17) is 0 Å². The maximum atomic E-state index is 13.1. The molecule has 0 spiro atoms. The molecular weight excluding hydrogens is 329 g/mol. The molecular formula is C10H10Br2FNO. The van der Waals surface area contributed by atoms with Gasteiger partial charge < -0.3 is 5.32 Å². The van der Waals surface area contributed by atoms with Crippen molar-refractivity contribution in [3.05, 3.63) is 34.1 Å². The highest BCUT2D eigenvalue weighted by molar-refractivity contribution is 9.10. The van der Waals surface area contributed by atoms with Gasteiger partial charge in [-0.25, -0.2) is 4.39 Å². The smallest absolute Gasteiger partial charge is 0.251 e. The highest BCUT2D eigenvalue weighted by atomic mass is 79.9. The summed E-state index contributed by atoms with van der Waals surface area (Å²) in [7, 11) is 0. The van der Waals surface area contributed by atoms with E-state index in [9.17, 15) is 9.18 Å². The topological polar surface area (TPSA) is 29.1 Å². The molecule has 82 valence electrons. The van der Waals surface area contributed by atoms with Crippen LogP contribution in [0.4, 0.5) is 4.39 Å². The molecule has 5 heteroatoms. The van der Waals surface area contributed by atoms with Crippen LogP contribution in [-0.4, -0.2) is 17.3 Å². The minimum atomic E-state index is -0.436. The van der Waals surface area contributed by atoms with Gasteiger partial charge in [0.2, 0.25) is 0 Å². The second-order valence-electron chi connectivity index (χ2n) is 3.16. The molecule has 1 aromatic rings. The zero-order valence-corrected chi connectivity index (χ0v) is 11.2. The van der Waals surface area contributed by atoms with Crippen molar-refractivity contribution in [2.24, 2.45) is 0 Å². The zero-order valence-electron chi connectivity index (χ0n) is 8.06.